The average Bonchev–Trinajstić information content (AvgIpc) is 2.51. The van der Waals surface area contributed by atoms with Gasteiger partial charge in [-0.15, -0.1) is 0 Å². The molecule has 2 heterocycles. The highest BCUT2D eigenvalue weighted by atomic mass is 16.5. The van der Waals surface area contributed by atoms with Crippen LogP contribution in [0.1, 0.15) is 5.56 Å². The quantitative estimate of drug-likeness (QED) is 0.607. The van der Waals surface area contributed by atoms with Crippen LogP contribution < -0.4 is 9.64 Å². The van der Waals surface area contributed by atoms with E-state index in [1.165, 1.54) is 0 Å². The maximum absolute atomic E-state index is 9.48. The number of rotatable bonds is 2. The number of benzene rings is 1. The molecule has 6 nitrogen and oxygen atoms in total. The van der Waals surface area contributed by atoms with Crippen LogP contribution in [0.2, 0.25) is 0 Å². The van der Waals surface area contributed by atoms with E-state index in [9.17, 15) is 5.26 Å². The lowest BCUT2D eigenvalue weighted by Crippen LogP contribution is -2.51. The molecular formula is C15H18N4O2. The van der Waals surface area contributed by atoms with Crippen LogP contribution in [-0.2, 0) is 4.74 Å². The molecule has 0 aromatic heterocycles. The molecule has 1 aromatic carbocycles. The van der Waals surface area contributed by atoms with Crippen molar-refractivity contribution >= 4 is 17.7 Å². The Hall–Kier alpha value is -2.26. The summed E-state index contributed by atoms with van der Waals surface area (Å²) >= 11 is 0. The van der Waals surface area contributed by atoms with Gasteiger partial charge in [0.1, 0.15) is 18.2 Å². The summed E-state index contributed by atoms with van der Waals surface area (Å²) in [6.07, 6.45) is 1.68. The van der Waals surface area contributed by atoms with Crippen molar-refractivity contribution in [3.05, 3.63) is 17.7 Å². The maximum Gasteiger partial charge on any atom is 0.162 e. The molecule has 0 unspecified atom stereocenters. The van der Waals surface area contributed by atoms with Gasteiger partial charge in [0.05, 0.1) is 37.0 Å². The number of fused-ring (bicyclic) bond motifs is 3. The lowest BCUT2D eigenvalue weighted by atomic mass is 10.1. The van der Waals surface area contributed by atoms with Gasteiger partial charge in [-0.1, -0.05) is 0 Å². The summed E-state index contributed by atoms with van der Waals surface area (Å²) in [5.41, 5.74) is 2.10. The van der Waals surface area contributed by atoms with Gasteiger partial charge in [0.15, 0.2) is 5.75 Å². The number of nitrogens with zero attached hydrogens (tertiary/aromatic N) is 4. The Morgan fingerprint density at radius 2 is 2.29 bits per heavy atom. The van der Waals surface area contributed by atoms with Crippen molar-refractivity contribution in [2.45, 2.75) is 6.04 Å². The van der Waals surface area contributed by atoms with Gasteiger partial charge in [0.25, 0.3) is 0 Å². The maximum atomic E-state index is 9.48. The normalized spacial score (nSPS) is 20.4. The van der Waals surface area contributed by atoms with Crippen molar-refractivity contribution in [1.29, 1.82) is 5.26 Å². The fraction of sp³-hybridized carbons (Fsp3) is 0.467. The molecule has 0 spiro atoms. The van der Waals surface area contributed by atoms with Crippen LogP contribution in [0, 0.1) is 11.3 Å². The molecule has 1 aromatic rings. The second-order valence-corrected chi connectivity index (χ2v) is 5.36. The molecule has 0 bridgehead atoms. The molecule has 1 atom stereocenters. The Balaban J connectivity index is 2.01. The summed E-state index contributed by atoms with van der Waals surface area (Å²) in [7, 11) is 3.78. The summed E-state index contributed by atoms with van der Waals surface area (Å²) in [6.45, 7) is 2.74. The van der Waals surface area contributed by atoms with Gasteiger partial charge < -0.3 is 19.3 Å². The van der Waals surface area contributed by atoms with Gasteiger partial charge in [-0.2, -0.15) is 5.26 Å². The van der Waals surface area contributed by atoms with E-state index in [4.69, 9.17) is 9.47 Å². The number of anilines is 1. The topological polar surface area (TPSA) is 61.1 Å². The summed E-state index contributed by atoms with van der Waals surface area (Å²) in [6, 6.07) is 6.31. The molecule has 0 saturated carbocycles. The smallest absolute Gasteiger partial charge is 0.162 e. The highest BCUT2D eigenvalue weighted by Crippen LogP contribution is 2.41. The summed E-state index contributed by atoms with van der Waals surface area (Å²) < 4.78 is 11.3. The van der Waals surface area contributed by atoms with Gasteiger partial charge in [0.2, 0.25) is 0 Å². The van der Waals surface area contributed by atoms with Crippen molar-refractivity contribution < 1.29 is 9.47 Å². The van der Waals surface area contributed by atoms with E-state index in [1.807, 2.05) is 31.1 Å². The first-order valence-electron chi connectivity index (χ1n) is 6.95. The van der Waals surface area contributed by atoms with Crippen LogP contribution in [-0.4, -0.2) is 57.7 Å². The minimum Gasteiger partial charge on any atom is -0.488 e. The third-order valence-corrected chi connectivity index (χ3v) is 3.61. The molecule has 1 saturated heterocycles. The number of morpholine rings is 1. The van der Waals surface area contributed by atoms with Gasteiger partial charge in [0, 0.05) is 20.6 Å². The second-order valence-electron chi connectivity index (χ2n) is 5.36. The molecular weight excluding hydrogens is 268 g/mol. The van der Waals surface area contributed by atoms with Crippen LogP contribution in [0.5, 0.6) is 5.75 Å². The Morgan fingerprint density at radius 3 is 3.05 bits per heavy atom. The largest absolute Gasteiger partial charge is 0.488 e. The van der Waals surface area contributed by atoms with Gasteiger partial charge in [-0.25, -0.2) is 4.99 Å². The minimum atomic E-state index is 0.230. The van der Waals surface area contributed by atoms with E-state index in [1.54, 1.807) is 6.34 Å². The average molecular weight is 286 g/mol. The first-order chi connectivity index (χ1) is 10.2. The molecule has 2 aliphatic heterocycles. The van der Waals surface area contributed by atoms with Crippen LogP contribution in [0.4, 0.5) is 11.4 Å². The SMILES string of the molecule is CN(C)/C=N/c1ccc2c(c1C#N)OC[C@H]1COCCN21. The van der Waals surface area contributed by atoms with E-state index < -0.39 is 0 Å². The van der Waals surface area contributed by atoms with Crippen LogP contribution in [0.15, 0.2) is 17.1 Å². The molecule has 110 valence electrons. The number of aliphatic imine (C=N–C) groups is 1. The van der Waals surface area contributed by atoms with Crippen LogP contribution in [0.25, 0.3) is 0 Å². The predicted molar refractivity (Wildman–Crippen MR) is 80.4 cm³/mol. The number of hydrogen-bond acceptors (Lipinski definition) is 5. The number of ether oxygens (including phenoxy) is 2. The van der Waals surface area contributed by atoms with Crippen LogP contribution >= 0.6 is 0 Å². The molecule has 0 radical (unpaired) electrons. The molecule has 1 fully saturated rings. The summed E-state index contributed by atoms with van der Waals surface area (Å²) in [4.78, 5) is 8.44. The molecule has 6 heteroatoms. The van der Waals surface area contributed by atoms with Crippen LogP contribution in [0.3, 0.4) is 0 Å². The Kier molecular flexibility index (Phi) is 3.67. The van der Waals surface area contributed by atoms with E-state index in [-0.39, 0.29) is 6.04 Å². The van der Waals surface area contributed by atoms with Gasteiger partial charge >= 0.3 is 0 Å². The fourth-order valence-corrected chi connectivity index (χ4v) is 2.62. The second kappa shape index (κ2) is 5.62. The highest BCUT2D eigenvalue weighted by Gasteiger charge is 2.32. The number of nitriles is 1. The zero-order chi connectivity index (χ0) is 14.8. The van der Waals surface area contributed by atoms with E-state index in [2.05, 4.69) is 16.0 Å². The Bertz CT molecular complexity index is 606. The summed E-state index contributed by atoms with van der Waals surface area (Å²) in [5.74, 6) is 0.643. The first kappa shape index (κ1) is 13.7. The van der Waals surface area contributed by atoms with E-state index >= 15 is 0 Å². The zero-order valence-corrected chi connectivity index (χ0v) is 12.2. The van der Waals surface area contributed by atoms with E-state index in [0.29, 0.717) is 36.8 Å². The van der Waals surface area contributed by atoms with Crippen molar-refractivity contribution in [3.63, 3.8) is 0 Å². The summed E-state index contributed by atoms with van der Waals surface area (Å²) in [5, 5.41) is 9.48. The monoisotopic (exact) mass is 286 g/mol. The molecule has 2 aliphatic rings. The Labute approximate surface area is 124 Å². The zero-order valence-electron chi connectivity index (χ0n) is 12.2. The molecule has 3 rings (SSSR count). The molecule has 21 heavy (non-hydrogen) atoms. The third-order valence-electron chi connectivity index (χ3n) is 3.61. The molecule has 0 amide bonds. The van der Waals surface area contributed by atoms with E-state index in [0.717, 1.165) is 12.2 Å². The van der Waals surface area contributed by atoms with Crippen molar-refractivity contribution in [2.24, 2.45) is 4.99 Å². The Morgan fingerprint density at radius 1 is 1.43 bits per heavy atom. The lowest BCUT2D eigenvalue weighted by Gasteiger charge is -2.41. The first-order valence-corrected chi connectivity index (χ1v) is 6.95. The molecule has 0 aliphatic carbocycles. The van der Waals surface area contributed by atoms with Crippen molar-refractivity contribution in [1.82, 2.24) is 4.90 Å². The standard InChI is InChI=1S/C15H18N4O2/c1-18(2)10-17-13-3-4-14-15(12(13)7-16)21-9-11-8-20-6-5-19(11)14/h3-4,10-11H,5-6,8-9H2,1-2H3/b17-10+/t11-/m1/s1. The van der Waals surface area contributed by atoms with Gasteiger partial charge in [-0.3, -0.25) is 0 Å². The predicted octanol–water partition coefficient (Wildman–Crippen LogP) is 1.38. The van der Waals surface area contributed by atoms with Crippen molar-refractivity contribution in [3.8, 4) is 11.8 Å². The fourth-order valence-electron chi connectivity index (χ4n) is 2.62. The lowest BCUT2D eigenvalue weighted by molar-refractivity contribution is 0.0704. The minimum absolute atomic E-state index is 0.230. The molecule has 0 N–H and O–H groups in total. The third kappa shape index (κ3) is 2.52. The highest BCUT2D eigenvalue weighted by molar-refractivity contribution is 5.76. The number of hydrogen-bond donors (Lipinski definition) is 0. The van der Waals surface area contributed by atoms with Crippen molar-refractivity contribution in [2.75, 3.05) is 45.4 Å². The van der Waals surface area contributed by atoms with Gasteiger partial charge in [-0.05, 0) is 12.1 Å².